The first-order valence-corrected chi connectivity index (χ1v) is 6.82. The van der Waals surface area contributed by atoms with E-state index in [1.807, 2.05) is 5.32 Å². The molecule has 1 amide bonds. The van der Waals surface area contributed by atoms with Crippen LogP contribution in [0.4, 0.5) is 18.9 Å². The molecule has 1 N–H and O–H groups in total. The fourth-order valence-corrected chi connectivity index (χ4v) is 2.41. The van der Waals surface area contributed by atoms with Crippen LogP contribution in [-0.4, -0.2) is 22.8 Å². The van der Waals surface area contributed by atoms with E-state index in [0.29, 0.717) is 6.07 Å². The van der Waals surface area contributed by atoms with Gasteiger partial charge in [0.2, 0.25) is 0 Å². The molecule has 2 rings (SSSR count). The highest BCUT2D eigenvalue weighted by atomic mass is 35.5. The van der Waals surface area contributed by atoms with Crippen LogP contribution in [0.25, 0.3) is 0 Å². The number of hydrogen-bond acceptors (Lipinski definition) is 3. The molecule has 1 saturated carbocycles. The van der Waals surface area contributed by atoms with Crippen molar-refractivity contribution in [3.8, 4) is 0 Å². The smallest absolute Gasteiger partial charge is 0.315 e. The number of amides is 1. The van der Waals surface area contributed by atoms with Crippen molar-refractivity contribution >= 4 is 40.8 Å². The van der Waals surface area contributed by atoms with Gasteiger partial charge in [-0.3, -0.25) is 9.59 Å². The minimum absolute atomic E-state index is 0.182. The second kappa shape index (κ2) is 5.62. The van der Waals surface area contributed by atoms with Gasteiger partial charge in [-0.1, -0.05) is 0 Å². The molecule has 1 aliphatic rings. The van der Waals surface area contributed by atoms with E-state index in [1.165, 1.54) is 6.92 Å². The van der Waals surface area contributed by atoms with Crippen molar-refractivity contribution in [3.05, 3.63) is 29.6 Å². The van der Waals surface area contributed by atoms with E-state index >= 15 is 0 Å². The number of halogens is 5. The van der Waals surface area contributed by atoms with Crippen molar-refractivity contribution < 1.29 is 27.5 Å². The number of alkyl halides is 2. The zero-order chi connectivity index (χ0) is 16.7. The maximum atomic E-state index is 13.4. The molecule has 1 atom stereocenters. The van der Waals surface area contributed by atoms with Crippen LogP contribution in [0, 0.1) is 22.9 Å². The van der Waals surface area contributed by atoms with Crippen LogP contribution < -0.4 is 5.32 Å². The summed E-state index contributed by atoms with van der Waals surface area (Å²) in [7, 11) is 0. The number of ether oxygens (including phenoxy) is 1. The monoisotopic (exact) mass is 355 g/mol. The SMILES string of the molecule is C[C@@]1(C(=O)OCC(=O)Nc2ccc(F)c(F)c2F)CC1(Cl)Cl. The first-order chi connectivity index (χ1) is 10.1. The second-order valence-corrected chi connectivity index (χ2v) is 6.54. The molecular weight excluding hydrogens is 346 g/mol. The Kier molecular flexibility index (Phi) is 4.32. The second-order valence-electron chi connectivity index (χ2n) is 5.06. The minimum atomic E-state index is -1.71. The minimum Gasteiger partial charge on any atom is -0.455 e. The van der Waals surface area contributed by atoms with Crippen LogP contribution in [0.15, 0.2) is 12.1 Å². The van der Waals surface area contributed by atoms with Gasteiger partial charge in [0.15, 0.2) is 24.1 Å². The molecule has 0 aliphatic heterocycles. The lowest BCUT2D eigenvalue weighted by molar-refractivity contribution is -0.152. The Labute approximate surface area is 133 Å². The van der Waals surface area contributed by atoms with Crippen LogP contribution in [-0.2, 0) is 14.3 Å². The summed E-state index contributed by atoms with van der Waals surface area (Å²) in [4.78, 5) is 23.2. The first-order valence-electron chi connectivity index (χ1n) is 6.07. The third-order valence-electron chi connectivity index (χ3n) is 3.35. The molecular formula is C13H10Cl2F3NO3. The van der Waals surface area contributed by atoms with E-state index in [-0.39, 0.29) is 6.42 Å². The molecule has 0 spiro atoms. The van der Waals surface area contributed by atoms with Gasteiger partial charge in [0, 0.05) is 6.42 Å². The van der Waals surface area contributed by atoms with E-state index in [9.17, 15) is 22.8 Å². The highest BCUT2D eigenvalue weighted by Gasteiger charge is 2.69. The molecule has 22 heavy (non-hydrogen) atoms. The lowest BCUT2D eigenvalue weighted by Crippen LogP contribution is -2.27. The van der Waals surface area contributed by atoms with Crippen molar-refractivity contribution in [1.29, 1.82) is 0 Å². The lowest BCUT2D eigenvalue weighted by Gasteiger charge is -2.12. The van der Waals surface area contributed by atoms with Crippen LogP contribution in [0.2, 0.25) is 0 Å². The Balaban J connectivity index is 1.92. The van der Waals surface area contributed by atoms with E-state index in [2.05, 4.69) is 0 Å². The van der Waals surface area contributed by atoms with Crippen molar-refractivity contribution in [1.82, 2.24) is 0 Å². The summed E-state index contributed by atoms with van der Waals surface area (Å²) >= 11 is 11.6. The largest absolute Gasteiger partial charge is 0.455 e. The van der Waals surface area contributed by atoms with E-state index in [4.69, 9.17) is 27.9 Å². The molecule has 1 aliphatic carbocycles. The van der Waals surface area contributed by atoms with E-state index in [1.54, 1.807) is 0 Å². The molecule has 1 fully saturated rings. The summed E-state index contributed by atoms with van der Waals surface area (Å²) in [5, 5.41) is 1.96. The standard InChI is InChI=1S/C13H10Cl2F3NO3/c1-12(5-13(12,14)15)11(21)22-4-8(20)19-7-3-2-6(16)9(17)10(7)18/h2-3H,4-5H2,1H3,(H,19,20)/t12-/m0/s1. The number of benzene rings is 1. The zero-order valence-electron chi connectivity index (χ0n) is 11.2. The highest BCUT2D eigenvalue weighted by molar-refractivity contribution is 6.53. The molecule has 0 heterocycles. The Bertz CT molecular complexity index is 654. The number of anilines is 1. The predicted octanol–water partition coefficient (Wildman–Crippen LogP) is 3.17. The van der Waals surface area contributed by atoms with Gasteiger partial charge in [-0.2, -0.15) is 0 Å². The van der Waals surface area contributed by atoms with Crippen LogP contribution in [0.3, 0.4) is 0 Å². The molecule has 9 heteroatoms. The van der Waals surface area contributed by atoms with Gasteiger partial charge < -0.3 is 10.1 Å². The highest BCUT2D eigenvalue weighted by Crippen LogP contribution is 2.64. The van der Waals surface area contributed by atoms with Crippen molar-refractivity contribution in [2.45, 2.75) is 17.7 Å². The average molecular weight is 356 g/mol. The molecule has 120 valence electrons. The summed E-state index contributed by atoms with van der Waals surface area (Å²) < 4.78 is 42.6. The molecule has 0 saturated heterocycles. The Morgan fingerprint density at radius 2 is 1.86 bits per heavy atom. The number of rotatable bonds is 4. The molecule has 0 radical (unpaired) electrons. The molecule has 1 aromatic rings. The van der Waals surface area contributed by atoms with E-state index in [0.717, 1.165) is 6.07 Å². The number of carbonyl (C=O) groups is 2. The normalized spacial score (nSPS) is 22.1. The lowest BCUT2D eigenvalue weighted by atomic mass is 10.1. The molecule has 0 aromatic heterocycles. The number of nitrogens with one attached hydrogen (secondary N) is 1. The zero-order valence-corrected chi connectivity index (χ0v) is 12.7. The number of carbonyl (C=O) groups excluding carboxylic acids is 2. The molecule has 0 unspecified atom stereocenters. The third-order valence-corrected chi connectivity index (χ3v) is 4.45. The molecule has 1 aromatic carbocycles. The molecule has 4 nitrogen and oxygen atoms in total. The van der Waals surface area contributed by atoms with Gasteiger partial charge in [0.1, 0.15) is 9.75 Å². The summed E-state index contributed by atoms with van der Waals surface area (Å²) in [5.74, 6) is -6.34. The number of esters is 1. The first kappa shape index (κ1) is 16.9. The van der Waals surface area contributed by atoms with Crippen LogP contribution >= 0.6 is 23.2 Å². The van der Waals surface area contributed by atoms with Crippen molar-refractivity contribution in [2.75, 3.05) is 11.9 Å². The van der Waals surface area contributed by atoms with Crippen LogP contribution in [0.5, 0.6) is 0 Å². The third kappa shape index (κ3) is 3.01. The summed E-state index contributed by atoms with van der Waals surface area (Å²) in [6.07, 6.45) is 0.182. The number of hydrogen-bond donors (Lipinski definition) is 1. The van der Waals surface area contributed by atoms with Gasteiger partial charge in [0.25, 0.3) is 5.91 Å². The van der Waals surface area contributed by atoms with Gasteiger partial charge >= 0.3 is 5.97 Å². The quantitative estimate of drug-likeness (QED) is 0.512. The van der Waals surface area contributed by atoms with Crippen molar-refractivity contribution in [3.63, 3.8) is 0 Å². The van der Waals surface area contributed by atoms with Gasteiger partial charge in [-0.25, -0.2) is 13.2 Å². The topological polar surface area (TPSA) is 55.4 Å². The summed E-state index contributed by atoms with van der Waals surface area (Å²) in [5.41, 5.74) is -1.68. The Morgan fingerprint density at radius 1 is 1.27 bits per heavy atom. The summed E-state index contributed by atoms with van der Waals surface area (Å²) in [6, 6.07) is 1.50. The fourth-order valence-electron chi connectivity index (χ4n) is 1.72. The van der Waals surface area contributed by atoms with Crippen LogP contribution in [0.1, 0.15) is 13.3 Å². The van der Waals surface area contributed by atoms with Gasteiger partial charge in [0.05, 0.1) is 5.69 Å². The average Bonchev–Trinajstić information content (AvgIpc) is 2.97. The Hall–Kier alpha value is -1.47. The molecule has 0 bridgehead atoms. The van der Waals surface area contributed by atoms with Crippen molar-refractivity contribution in [2.24, 2.45) is 5.41 Å². The van der Waals surface area contributed by atoms with E-state index < -0.39 is 51.4 Å². The fraction of sp³-hybridized carbons (Fsp3) is 0.385. The summed E-state index contributed by atoms with van der Waals surface area (Å²) in [6.45, 7) is 0.735. The maximum Gasteiger partial charge on any atom is 0.315 e. The van der Waals surface area contributed by atoms with Gasteiger partial charge in [-0.05, 0) is 19.1 Å². The maximum absolute atomic E-state index is 13.4. The Morgan fingerprint density at radius 3 is 2.41 bits per heavy atom. The predicted molar refractivity (Wildman–Crippen MR) is 73.1 cm³/mol. The van der Waals surface area contributed by atoms with Gasteiger partial charge in [-0.15, -0.1) is 23.2 Å².